The molecule has 0 aliphatic rings. The summed E-state index contributed by atoms with van der Waals surface area (Å²) in [6, 6.07) is 2.82. The van der Waals surface area contributed by atoms with Crippen LogP contribution in [0, 0.1) is 6.92 Å². The summed E-state index contributed by atoms with van der Waals surface area (Å²) in [7, 11) is 0. The fourth-order valence-electron chi connectivity index (χ4n) is 4.02. The van der Waals surface area contributed by atoms with Gasteiger partial charge >= 0.3 is 12.1 Å². The van der Waals surface area contributed by atoms with Crippen molar-refractivity contribution < 1.29 is 33.8 Å². The van der Waals surface area contributed by atoms with Crippen LogP contribution in [0.5, 0.6) is 5.75 Å². The maximum atomic E-state index is 13.8. The maximum Gasteiger partial charge on any atom is 0.408 e. The molecule has 1 aromatic rings. The van der Waals surface area contributed by atoms with E-state index in [4.69, 9.17) is 9.47 Å². The molecule has 3 amide bonds. The van der Waals surface area contributed by atoms with E-state index in [1.54, 1.807) is 52.8 Å². The molecule has 0 bridgehead atoms. The predicted octanol–water partition coefficient (Wildman–Crippen LogP) is 4.52. The number of phenolic OH excluding ortho intramolecular Hbond substituents is 1. The van der Waals surface area contributed by atoms with Gasteiger partial charge in [0.2, 0.25) is 11.8 Å². The van der Waals surface area contributed by atoms with Crippen LogP contribution < -0.4 is 10.6 Å². The molecule has 0 saturated heterocycles. The number of rotatable bonds is 15. The molecular formula is C29H47N3O7. The zero-order chi connectivity index (χ0) is 29.6. The molecule has 0 aliphatic heterocycles. The zero-order valence-electron chi connectivity index (χ0n) is 24.6. The number of hydrogen-bond donors (Lipinski definition) is 3. The Labute approximate surface area is 232 Å². The molecule has 0 aliphatic carbocycles. The van der Waals surface area contributed by atoms with Gasteiger partial charge in [-0.2, -0.15) is 0 Å². The molecule has 1 aromatic carbocycles. The van der Waals surface area contributed by atoms with Crippen molar-refractivity contribution in [3.05, 3.63) is 29.3 Å². The molecule has 220 valence electrons. The van der Waals surface area contributed by atoms with Gasteiger partial charge in [0, 0.05) is 18.7 Å². The van der Waals surface area contributed by atoms with E-state index in [-0.39, 0.29) is 37.4 Å². The number of para-hydroxylation sites is 1. The first-order valence-electron chi connectivity index (χ1n) is 13.8. The summed E-state index contributed by atoms with van der Waals surface area (Å²) in [4.78, 5) is 52.9. The van der Waals surface area contributed by atoms with Crippen LogP contribution in [-0.4, -0.2) is 65.2 Å². The van der Waals surface area contributed by atoms with Gasteiger partial charge in [0.05, 0.1) is 13.0 Å². The number of alkyl carbamates (subject to hydrolysis) is 1. The van der Waals surface area contributed by atoms with Crippen LogP contribution in [0.4, 0.5) is 4.79 Å². The van der Waals surface area contributed by atoms with E-state index in [0.29, 0.717) is 12.0 Å². The minimum absolute atomic E-state index is 0.00495. The third-order valence-electron chi connectivity index (χ3n) is 5.95. The van der Waals surface area contributed by atoms with Gasteiger partial charge in [-0.3, -0.25) is 14.4 Å². The summed E-state index contributed by atoms with van der Waals surface area (Å²) in [6.45, 7) is 12.7. The lowest BCUT2D eigenvalue weighted by molar-refractivity contribution is -0.144. The quantitative estimate of drug-likeness (QED) is 0.216. The molecule has 0 saturated carbocycles. The zero-order valence-corrected chi connectivity index (χ0v) is 24.6. The highest BCUT2D eigenvalue weighted by Gasteiger charge is 2.36. The highest BCUT2D eigenvalue weighted by Crippen LogP contribution is 2.32. The molecular weight excluding hydrogens is 502 g/mol. The van der Waals surface area contributed by atoms with Gasteiger partial charge in [-0.25, -0.2) is 4.79 Å². The van der Waals surface area contributed by atoms with Crippen molar-refractivity contribution in [1.82, 2.24) is 15.5 Å². The summed E-state index contributed by atoms with van der Waals surface area (Å²) < 4.78 is 10.2. The smallest absolute Gasteiger partial charge is 0.408 e. The van der Waals surface area contributed by atoms with Gasteiger partial charge in [0.1, 0.15) is 23.4 Å². The number of nitrogens with one attached hydrogen (secondary N) is 2. The number of esters is 1. The number of benzene rings is 1. The van der Waals surface area contributed by atoms with E-state index in [2.05, 4.69) is 17.6 Å². The van der Waals surface area contributed by atoms with E-state index in [1.165, 1.54) is 11.8 Å². The SMILES string of the molecule is CCCCCCCN(C(=O)C(C)NC(=O)OC(C)(C)C)C(C(=O)NCCC(=O)OCC)c1cccc(C)c1O. The number of unbranched alkanes of at least 4 members (excludes halogenated alkanes) is 4. The third-order valence-corrected chi connectivity index (χ3v) is 5.95. The highest BCUT2D eigenvalue weighted by molar-refractivity contribution is 5.92. The second-order valence-electron chi connectivity index (χ2n) is 10.6. The fourth-order valence-corrected chi connectivity index (χ4v) is 4.02. The summed E-state index contributed by atoms with van der Waals surface area (Å²) in [5.74, 6) is -1.60. The topological polar surface area (TPSA) is 134 Å². The molecule has 0 fully saturated rings. The van der Waals surface area contributed by atoms with Crippen molar-refractivity contribution in [2.75, 3.05) is 19.7 Å². The van der Waals surface area contributed by atoms with Crippen molar-refractivity contribution in [2.45, 2.75) is 105 Å². The average Bonchev–Trinajstić information content (AvgIpc) is 2.83. The van der Waals surface area contributed by atoms with Crippen LogP contribution in [0.15, 0.2) is 18.2 Å². The predicted molar refractivity (Wildman–Crippen MR) is 149 cm³/mol. The van der Waals surface area contributed by atoms with Crippen LogP contribution in [-0.2, 0) is 23.9 Å². The number of amides is 3. The number of aromatic hydroxyl groups is 1. The van der Waals surface area contributed by atoms with Gasteiger partial charge in [-0.15, -0.1) is 0 Å². The summed E-state index contributed by atoms with van der Waals surface area (Å²) in [5.41, 5.74) is 0.0580. The Bertz CT molecular complexity index is 959. The van der Waals surface area contributed by atoms with Crippen LogP contribution in [0.25, 0.3) is 0 Å². The largest absolute Gasteiger partial charge is 0.507 e. The van der Waals surface area contributed by atoms with E-state index in [9.17, 15) is 24.3 Å². The number of nitrogens with zero attached hydrogens (tertiary/aromatic N) is 1. The maximum absolute atomic E-state index is 13.8. The molecule has 0 aromatic heterocycles. The van der Waals surface area contributed by atoms with Crippen LogP contribution >= 0.6 is 0 Å². The number of hydrogen-bond acceptors (Lipinski definition) is 7. The molecule has 0 radical (unpaired) electrons. The number of carbonyl (C=O) groups is 4. The molecule has 10 heteroatoms. The molecule has 1 rings (SSSR count). The lowest BCUT2D eigenvalue weighted by Crippen LogP contribution is -2.52. The minimum Gasteiger partial charge on any atom is -0.507 e. The molecule has 39 heavy (non-hydrogen) atoms. The molecule has 3 N–H and O–H groups in total. The lowest BCUT2D eigenvalue weighted by Gasteiger charge is -2.34. The van der Waals surface area contributed by atoms with Gasteiger partial charge in [0.25, 0.3) is 0 Å². The molecule has 2 unspecified atom stereocenters. The Morgan fingerprint density at radius 3 is 2.33 bits per heavy atom. The summed E-state index contributed by atoms with van der Waals surface area (Å²) in [5, 5.41) is 16.2. The van der Waals surface area contributed by atoms with Crippen molar-refractivity contribution in [3.8, 4) is 5.75 Å². The molecule has 10 nitrogen and oxygen atoms in total. The van der Waals surface area contributed by atoms with Crippen molar-refractivity contribution in [1.29, 1.82) is 0 Å². The number of aryl methyl sites for hydroxylation is 1. The summed E-state index contributed by atoms with van der Waals surface area (Å²) >= 11 is 0. The highest BCUT2D eigenvalue weighted by atomic mass is 16.6. The van der Waals surface area contributed by atoms with Gasteiger partial charge in [-0.05, 0) is 53.5 Å². The molecule has 0 heterocycles. The number of ether oxygens (including phenoxy) is 2. The van der Waals surface area contributed by atoms with Crippen LogP contribution in [0.2, 0.25) is 0 Å². The van der Waals surface area contributed by atoms with Crippen molar-refractivity contribution in [3.63, 3.8) is 0 Å². The van der Waals surface area contributed by atoms with E-state index < -0.39 is 41.6 Å². The standard InChI is InChI=1S/C29H47N3O7/c1-8-10-11-12-13-19-32(27(36)21(4)31-28(37)39-29(5,6)7)24(22-16-14-15-20(3)25(22)34)26(35)30-18-17-23(33)38-9-2/h14-16,21,24,34H,8-13,17-19H2,1-7H3,(H,30,35)(H,31,37). The average molecular weight is 550 g/mol. The van der Waals surface area contributed by atoms with Crippen LogP contribution in [0.3, 0.4) is 0 Å². The van der Waals surface area contributed by atoms with Gasteiger partial charge in [-0.1, -0.05) is 50.8 Å². The lowest BCUT2D eigenvalue weighted by atomic mass is 9.98. The van der Waals surface area contributed by atoms with Crippen molar-refractivity contribution in [2.24, 2.45) is 0 Å². The number of phenols is 1. The van der Waals surface area contributed by atoms with Gasteiger partial charge < -0.3 is 30.1 Å². The third kappa shape index (κ3) is 12.0. The van der Waals surface area contributed by atoms with Crippen LogP contribution in [0.1, 0.15) is 97.2 Å². The fraction of sp³-hybridized carbons (Fsp3) is 0.655. The van der Waals surface area contributed by atoms with E-state index in [0.717, 1.165) is 25.7 Å². The monoisotopic (exact) mass is 549 g/mol. The van der Waals surface area contributed by atoms with Crippen molar-refractivity contribution >= 4 is 23.9 Å². The second-order valence-corrected chi connectivity index (χ2v) is 10.6. The first kappa shape index (κ1) is 33.7. The second kappa shape index (κ2) is 16.6. The first-order chi connectivity index (χ1) is 18.3. The summed E-state index contributed by atoms with van der Waals surface area (Å²) in [6.07, 6.45) is 3.79. The Balaban J connectivity index is 3.34. The van der Waals surface area contributed by atoms with E-state index in [1.807, 2.05) is 0 Å². The minimum atomic E-state index is -1.19. The molecule has 0 spiro atoms. The Hall–Kier alpha value is -3.30. The van der Waals surface area contributed by atoms with Gasteiger partial charge in [0.15, 0.2) is 0 Å². The Morgan fingerprint density at radius 2 is 1.72 bits per heavy atom. The normalized spacial score (nSPS) is 12.7. The Morgan fingerprint density at radius 1 is 1.05 bits per heavy atom. The van der Waals surface area contributed by atoms with E-state index >= 15 is 0 Å². The first-order valence-corrected chi connectivity index (χ1v) is 13.8. The number of carbonyl (C=O) groups excluding carboxylic acids is 4. The Kier molecular flexibility index (Phi) is 14.4. The molecule has 2 atom stereocenters.